The number of nitrogens with one attached hydrogen (secondary N) is 1. The Bertz CT molecular complexity index is 880. The molecule has 3 heterocycles. The summed E-state index contributed by atoms with van der Waals surface area (Å²) in [6.07, 6.45) is -2.14. The van der Waals surface area contributed by atoms with Gasteiger partial charge in [0.2, 0.25) is 0 Å². The summed E-state index contributed by atoms with van der Waals surface area (Å²) in [7, 11) is 0. The first-order valence-corrected chi connectivity index (χ1v) is 10.5. The minimum atomic E-state index is -4.35. The average molecular weight is 390 g/mol. The van der Waals surface area contributed by atoms with Crippen LogP contribution in [0.1, 0.15) is 29.9 Å². The summed E-state index contributed by atoms with van der Waals surface area (Å²) in [4.78, 5) is 3.68. The number of thioether (sulfide) groups is 1. The van der Waals surface area contributed by atoms with Crippen molar-refractivity contribution in [2.45, 2.75) is 35.9 Å². The number of nitrogens with zero attached hydrogens (tertiary/aromatic N) is 1. The van der Waals surface area contributed by atoms with E-state index in [0.29, 0.717) is 17.5 Å². The highest BCUT2D eigenvalue weighted by Gasteiger charge is 2.42. The fourth-order valence-electron chi connectivity index (χ4n) is 4.86. The van der Waals surface area contributed by atoms with E-state index in [9.17, 15) is 13.2 Å². The second kappa shape index (κ2) is 6.45. The molecule has 3 aliphatic heterocycles. The van der Waals surface area contributed by atoms with Crippen LogP contribution >= 0.6 is 11.8 Å². The van der Waals surface area contributed by atoms with E-state index in [-0.39, 0.29) is 5.56 Å². The van der Waals surface area contributed by atoms with Crippen LogP contribution in [0.15, 0.2) is 41.3 Å². The number of fused-ring (bicyclic) bond motifs is 3. The highest BCUT2D eigenvalue weighted by molar-refractivity contribution is 7.99. The Morgan fingerprint density at radius 2 is 2.00 bits per heavy atom. The number of hydrogen-bond donors (Lipinski definition) is 1. The molecule has 0 unspecified atom stereocenters. The molecule has 5 rings (SSSR count). The van der Waals surface area contributed by atoms with Crippen molar-refractivity contribution in [3.05, 3.63) is 47.5 Å². The van der Waals surface area contributed by atoms with Crippen molar-refractivity contribution in [1.29, 1.82) is 0 Å². The van der Waals surface area contributed by atoms with Crippen LogP contribution in [0.2, 0.25) is 0 Å². The van der Waals surface area contributed by atoms with Crippen LogP contribution in [-0.4, -0.2) is 31.4 Å². The van der Waals surface area contributed by atoms with Crippen LogP contribution in [0.3, 0.4) is 0 Å². The molecular formula is C21H21F3N2S. The molecule has 0 spiro atoms. The summed E-state index contributed by atoms with van der Waals surface area (Å²) < 4.78 is 40.7. The van der Waals surface area contributed by atoms with Crippen molar-refractivity contribution >= 4 is 17.4 Å². The quantitative estimate of drug-likeness (QED) is 0.726. The molecule has 2 atom stereocenters. The number of piperidine rings is 1. The maximum absolute atomic E-state index is 13.6. The van der Waals surface area contributed by atoms with E-state index in [1.807, 2.05) is 12.1 Å². The molecule has 0 aliphatic carbocycles. The molecule has 2 nitrogen and oxygen atoms in total. The molecular weight excluding hydrogens is 369 g/mol. The monoisotopic (exact) mass is 390 g/mol. The normalized spacial score (nSPS) is 24.3. The predicted molar refractivity (Wildman–Crippen MR) is 104 cm³/mol. The number of benzene rings is 2. The Labute approximate surface area is 161 Å². The lowest BCUT2D eigenvalue weighted by molar-refractivity contribution is -0.137. The zero-order valence-corrected chi connectivity index (χ0v) is 15.7. The average Bonchev–Trinajstić information content (AvgIpc) is 2.83. The topological polar surface area (TPSA) is 15.3 Å². The molecule has 0 saturated carbocycles. The molecule has 142 valence electrons. The Hall–Kier alpha value is -1.66. The first-order chi connectivity index (χ1) is 13.0. The Balaban J connectivity index is 1.70. The Kier molecular flexibility index (Phi) is 4.17. The summed E-state index contributed by atoms with van der Waals surface area (Å²) in [6.45, 7) is 2.97. The Morgan fingerprint density at radius 1 is 1.15 bits per heavy atom. The van der Waals surface area contributed by atoms with Gasteiger partial charge < -0.3 is 10.2 Å². The highest BCUT2D eigenvalue weighted by atomic mass is 32.2. The van der Waals surface area contributed by atoms with E-state index in [1.54, 1.807) is 23.9 Å². The smallest absolute Gasteiger partial charge is 0.367 e. The van der Waals surface area contributed by atoms with Crippen LogP contribution in [0.5, 0.6) is 0 Å². The van der Waals surface area contributed by atoms with Crippen LogP contribution in [0.25, 0.3) is 11.1 Å². The fourth-order valence-corrected chi connectivity index (χ4v) is 5.94. The van der Waals surface area contributed by atoms with Crippen molar-refractivity contribution in [2.24, 2.45) is 0 Å². The van der Waals surface area contributed by atoms with Gasteiger partial charge in [-0.25, -0.2) is 0 Å². The van der Waals surface area contributed by atoms with Crippen LogP contribution in [0.4, 0.5) is 18.9 Å². The van der Waals surface area contributed by atoms with Gasteiger partial charge in [-0.1, -0.05) is 18.2 Å². The second-order valence-electron chi connectivity index (χ2n) is 7.52. The number of rotatable bonds is 1. The fraction of sp³-hybridized carbons (Fsp3) is 0.429. The van der Waals surface area contributed by atoms with Gasteiger partial charge in [0.25, 0.3) is 0 Å². The van der Waals surface area contributed by atoms with Gasteiger partial charge in [-0.05, 0) is 60.0 Å². The first-order valence-electron chi connectivity index (χ1n) is 9.49. The summed E-state index contributed by atoms with van der Waals surface area (Å²) in [5.74, 6) is 1.38. The van der Waals surface area contributed by atoms with Gasteiger partial charge in [0.15, 0.2) is 0 Å². The van der Waals surface area contributed by atoms with E-state index in [0.717, 1.165) is 43.1 Å². The summed E-state index contributed by atoms with van der Waals surface area (Å²) in [5.41, 5.74) is 2.93. The van der Waals surface area contributed by atoms with E-state index >= 15 is 0 Å². The largest absolute Gasteiger partial charge is 0.417 e. The standard InChI is InChI=1S/C21H21F3N2S/c22-21(23,24)17-5-2-1-4-14(17)13-10-15-16-12-25-7-6-18(16)26-8-3-9-27-19(11-13)20(15)26/h1-2,4-5,10-11,16,18,25H,3,6-9,12H2/t16-,18-/m1/s1. The lowest BCUT2D eigenvalue weighted by Crippen LogP contribution is -2.44. The zero-order chi connectivity index (χ0) is 18.6. The highest BCUT2D eigenvalue weighted by Crippen LogP contribution is 2.51. The van der Waals surface area contributed by atoms with E-state index < -0.39 is 11.7 Å². The minimum Gasteiger partial charge on any atom is -0.367 e. The molecule has 0 bridgehead atoms. The van der Waals surface area contributed by atoms with Crippen LogP contribution < -0.4 is 10.2 Å². The van der Waals surface area contributed by atoms with Gasteiger partial charge in [-0.15, -0.1) is 11.8 Å². The van der Waals surface area contributed by atoms with Gasteiger partial charge in [-0.2, -0.15) is 13.2 Å². The molecule has 27 heavy (non-hydrogen) atoms. The predicted octanol–water partition coefficient (Wildman–Crippen LogP) is 5.13. The van der Waals surface area contributed by atoms with Gasteiger partial charge in [0.05, 0.1) is 11.3 Å². The first kappa shape index (κ1) is 17.4. The van der Waals surface area contributed by atoms with E-state index in [4.69, 9.17) is 0 Å². The third-order valence-corrected chi connectivity index (χ3v) is 7.10. The molecule has 6 heteroatoms. The van der Waals surface area contributed by atoms with Crippen molar-refractivity contribution in [3.63, 3.8) is 0 Å². The van der Waals surface area contributed by atoms with E-state index in [1.165, 1.54) is 23.4 Å². The molecule has 1 N–H and O–H groups in total. The molecule has 1 fully saturated rings. The number of halogens is 3. The van der Waals surface area contributed by atoms with Gasteiger partial charge in [0.1, 0.15) is 0 Å². The minimum absolute atomic E-state index is 0.285. The molecule has 3 aliphatic rings. The summed E-state index contributed by atoms with van der Waals surface area (Å²) >= 11 is 1.79. The number of alkyl halides is 3. The van der Waals surface area contributed by atoms with Gasteiger partial charge in [0, 0.05) is 29.9 Å². The molecule has 0 radical (unpaired) electrons. The van der Waals surface area contributed by atoms with Crippen molar-refractivity contribution in [3.8, 4) is 11.1 Å². The molecule has 0 amide bonds. The Morgan fingerprint density at radius 3 is 2.85 bits per heavy atom. The molecule has 2 aromatic carbocycles. The van der Waals surface area contributed by atoms with Crippen LogP contribution in [-0.2, 0) is 6.18 Å². The zero-order valence-electron chi connectivity index (χ0n) is 14.9. The molecule has 2 aromatic rings. The summed E-state index contributed by atoms with van der Waals surface area (Å²) in [5, 5.41) is 3.48. The third kappa shape index (κ3) is 2.85. The van der Waals surface area contributed by atoms with Crippen molar-refractivity contribution in [2.75, 3.05) is 30.3 Å². The summed E-state index contributed by atoms with van der Waals surface area (Å²) in [6, 6.07) is 10.4. The van der Waals surface area contributed by atoms with E-state index in [2.05, 4.69) is 10.2 Å². The number of anilines is 1. The van der Waals surface area contributed by atoms with Gasteiger partial charge in [-0.3, -0.25) is 0 Å². The lowest BCUT2D eigenvalue weighted by atomic mass is 9.88. The SMILES string of the molecule is FC(F)(F)c1ccccc1-c1cc2c3c(c1)[C@H]1CNCC[C@H]1N3CCCS2. The number of hydrogen-bond acceptors (Lipinski definition) is 3. The van der Waals surface area contributed by atoms with Crippen molar-refractivity contribution < 1.29 is 13.2 Å². The third-order valence-electron chi connectivity index (χ3n) is 5.98. The molecule has 0 aromatic heterocycles. The van der Waals surface area contributed by atoms with Gasteiger partial charge >= 0.3 is 6.18 Å². The lowest BCUT2D eigenvalue weighted by Gasteiger charge is -2.33. The maximum atomic E-state index is 13.6. The maximum Gasteiger partial charge on any atom is 0.417 e. The molecule has 1 saturated heterocycles. The second-order valence-corrected chi connectivity index (χ2v) is 8.65. The van der Waals surface area contributed by atoms with Crippen molar-refractivity contribution in [1.82, 2.24) is 5.32 Å². The van der Waals surface area contributed by atoms with Crippen LogP contribution in [0, 0.1) is 0 Å².